The van der Waals surface area contributed by atoms with Crippen LogP contribution < -0.4 is 5.32 Å². The predicted molar refractivity (Wildman–Crippen MR) is 111 cm³/mol. The monoisotopic (exact) mass is 450 g/mol. The molecule has 1 amide bonds. The molecule has 1 saturated heterocycles. The van der Waals surface area contributed by atoms with Crippen molar-refractivity contribution in [2.24, 2.45) is 0 Å². The summed E-state index contributed by atoms with van der Waals surface area (Å²) in [7, 11) is -3.78. The van der Waals surface area contributed by atoms with E-state index in [0.717, 1.165) is 0 Å². The van der Waals surface area contributed by atoms with Gasteiger partial charge in [0.1, 0.15) is 5.82 Å². The van der Waals surface area contributed by atoms with Gasteiger partial charge in [0.15, 0.2) is 6.61 Å². The molecule has 166 valence electrons. The van der Waals surface area contributed by atoms with Gasteiger partial charge in [0, 0.05) is 18.8 Å². The number of amides is 1. The number of anilines is 1. The molecule has 2 aromatic rings. The van der Waals surface area contributed by atoms with Crippen molar-refractivity contribution in [2.75, 3.05) is 38.2 Å². The number of rotatable bonds is 6. The molecule has 1 aliphatic heterocycles. The minimum atomic E-state index is -3.78. The third-order valence-corrected chi connectivity index (χ3v) is 6.72. The van der Waals surface area contributed by atoms with Crippen LogP contribution in [0.5, 0.6) is 0 Å². The number of nitrogens with zero attached hydrogens (tertiary/aromatic N) is 1. The highest BCUT2D eigenvalue weighted by molar-refractivity contribution is 7.89. The van der Waals surface area contributed by atoms with Crippen LogP contribution in [0.4, 0.5) is 10.1 Å². The van der Waals surface area contributed by atoms with Crippen molar-refractivity contribution in [3.63, 3.8) is 0 Å². The van der Waals surface area contributed by atoms with Gasteiger partial charge in [-0.05, 0) is 49.2 Å². The number of benzene rings is 2. The Hall–Kier alpha value is -2.82. The summed E-state index contributed by atoms with van der Waals surface area (Å²) in [5.74, 6) is -1.95. The average Bonchev–Trinajstić information content (AvgIpc) is 2.75. The van der Waals surface area contributed by atoms with Crippen molar-refractivity contribution >= 4 is 27.6 Å². The lowest BCUT2D eigenvalue weighted by Crippen LogP contribution is -2.40. The first-order valence-electron chi connectivity index (χ1n) is 9.60. The third-order valence-electron chi connectivity index (χ3n) is 4.83. The Morgan fingerprint density at radius 3 is 2.45 bits per heavy atom. The number of hydrogen-bond acceptors (Lipinski definition) is 6. The second-order valence-corrected chi connectivity index (χ2v) is 9.02. The van der Waals surface area contributed by atoms with Gasteiger partial charge < -0.3 is 14.8 Å². The largest absolute Gasteiger partial charge is 0.452 e. The number of halogens is 1. The topological polar surface area (TPSA) is 102 Å². The molecule has 3 rings (SSSR count). The van der Waals surface area contributed by atoms with E-state index in [1.807, 2.05) is 0 Å². The van der Waals surface area contributed by atoms with E-state index in [4.69, 9.17) is 9.47 Å². The van der Waals surface area contributed by atoms with Crippen LogP contribution in [0.1, 0.15) is 21.5 Å². The van der Waals surface area contributed by atoms with Gasteiger partial charge in [-0.1, -0.05) is 12.1 Å². The summed E-state index contributed by atoms with van der Waals surface area (Å²) >= 11 is 0. The van der Waals surface area contributed by atoms with Gasteiger partial charge in [0.2, 0.25) is 10.0 Å². The van der Waals surface area contributed by atoms with Gasteiger partial charge in [-0.25, -0.2) is 17.6 Å². The summed E-state index contributed by atoms with van der Waals surface area (Å²) in [6.07, 6.45) is 0. The number of esters is 1. The van der Waals surface area contributed by atoms with Crippen LogP contribution in [-0.4, -0.2) is 57.5 Å². The average molecular weight is 450 g/mol. The number of carbonyl (C=O) groups is 2. The smallest absolute Gasteiger partial charge is 0.338 e. The molecule has 0 aromatic heterocycles. The van der Waals surface area contributed by atoms with Crippen molar-refractivity contribution in [2.45, 2.75) is 18.7 Å². The molecule has 0 radical (unpaired) electrons. The van der Waals surface area contributed by atoms with E-state index in [0.29, 0.717) is 24.3 Å². The number of sulfonamides is 1. The van der Waals surface area contributed by atoms with Crippen LogP contribution in [0.3, 0.4) is 0 Å². The lowest BCUT2D eigenvalue weighted by atomic mass is 10.1. The number of morpholine rings is 1. The predicted octanol–water partition coefficient (Wildman–Crippen LogP) is 2.26. The molecular formula is C21H23FN2O6S. The molecule has 1 N–H and O–H groups in total. The van der Waals surface area contributed by atoms with Gasteiger partial charge in [-0.3, -0.25) is 4.79 Å². The van der Waals surface area contributed by atoms with Gasteiger partial charge in [0.05, 0.1) is 23.7 Å². The van der Waals surface area contributed by atoms with Crippen LogP contribution in [0.2, 0.25) is 0 Å². The Labute approximate surface area is 180 Å². The Balaban J connectivity index is 1.67. The van der Waals surface area contributed by atoms with E-state index in [9.17, 15) is 22.4 Å². The maximum absolute atomic E-state index is 13.6. The van der Waals surface area contributed by atoms with E-state index >= 15 is 0 Å². The van der Waals surface area contributed by atoms with E-state index in [1.54, 1.807) is 13.8 Å². The molecule has 1 heterocycles. The van der Waals surface area contributed by atoms with Crippen LogP contribution in [0.25, 0.3) is 0 Å². The first-order chi connectivity index (χ1) is 14.7. The highest BCUT2D eigenvalue weighted by Crippen LogP contribution is 2.21. The van der Waals surface area contributed by atoms with Gasteiger partial charge in [-0.15, -0.1) is 0 Å². The molecule has 1 fully saturated rings. The number of aryl methyl sites for hydroxylation is 2. The SMILES string of the molecule is Cc1ccc(NC(=O)COC(=O)c2cc(S(=O)(=O)N3CCOCC3)ccc2C)cc1F. The van der Waals surface area contributed by atoms with E-state index in [2.05, 4.69) is 5.32 Å². The Morgan fingerprint density at radius 1 is 1.10 bits per heavy atom. The Bertz CT molecular complexity index is 1100. The fourth-order valence-electron chi connectivity index (χ4n) is 2.99. The van der Waals surface area contributed by atoms with Crippen molar-refractivity contribution < 1.29 is 31.9 Å². The van der Waals surface area contributed by atoms with E-state index in [1.165, 1.54) is 40.7 Å². The summed E-state index contributed by atoms with van der Waals surface area (Å²) in [6.45, 7) is 3.70. The summed E-state index contributed by atoms with van der Waals surface area (Å²) in [5.41, 5.74) is 1.22. The fraction of sp³-hybridized carbons (Fsp3) is 0.333. The Morgan fingerprint density at radius 2 is 1.77 bits per heavy atom. The molecule has 0 aliphatic carbocycles. The Kier molecular flexibility index (Phi) is 7.04. The molecule has 31 heavy (non-hydrogen) atoms. The second kappa shape index (κ2) is 9.54. The maximum Gasteiger partial charge on any atom is 0.338 e. The molecule has 1 aliphatic rings. The molecule has 0 spiro atoms. The van der Waals surface area contributed by atoms with Crippen LogP contribution in [-0.2, 0) is 24.3 Å². The first kappa shape index (κ1) is 22.9. The minimum Gasteiger partial charge on any atom is -0.452 e. The zero-order valence-electron chi connectivity index (χ0n) is 17.2. The molecule has 0 bridgehead atoms. The third kappa shape index (κ3) is 5.46. The summed E-state index contributed by atoms with van der Waals surface area (Å²) < 4.78 is 50.7. The van der Waals surface area contributed by atoms with E-state index < -0.39 is 34.3 Å². The number of hydrogen-bond donors (Lipinski definition) is 1. The standard InChI is InChI=1S/C21H23FN2O6S/c1-14-4-6-17(31(27,28)24-7-9-29-10-8-24)12-18(14)21(26)30-13-20(25)23-16-5-3-15(2)19(22)11-16/h3-6,11-12H,7-10,13H2,1-2H3,(H,23,25). The van der Waals surface area contributed by atoms with Gasteiger partial charge >= 0.3 is 5.97 Å². The number of nitrogens with one attached hydrogen (secondary N) is 1. The zero-order valence-corrected chi connectivity index (χ0v) is 18.0. The number of ether oxygens (including phenoxy) is 2. The minimum absolute atomic E-state index is 0.0356. The van der Waals surface area contributed by atoms with Gasteiger partial charge in [0.25, 0.3) is 5.91 Å². The van der Waals surface area contributed by atoms with Crippen molar-refractivity contribution in [3.8, 4) is 0 Å². The highest BCUT2D eigenvalue weighted by Gasteiger charge is 2.27. The maximum atomic E-state index is 13.6. The summed E-state index contributed by atoms with van der Waals surface area (Å²) in [4.78, 5) is 24.5. The van der Waals surface area contributed by atoms with Crippen LogP contribution in [0.15, 0.2) is 41.3 Å². The normalized spacial score (nSPS) is 14.8. The summed E-state index contributed by atoms with van der Waals surface area (Å²) in [6, 6.07) is 8.40. The fourth-order valence-corrected chi connectivity index (χ4v) is 4.43. The second-order valence-electron chi connectivity index (χ2n) is 7.08. The van der Waals surface area contributed by atoms with Crippen LogP contribution in [0, 0.1) is 19.7 Å². The molecule has 2 aromatic carbocycles. The zero-order chi connectivity index (χ0) is 22.6. The van der Waals surface area contributed by atoms with Crippen molar-refractivity contribution in [1.82, 2.24) is 4.31 Å². The quantitative estimate of drug-likeness (QED) is 0.678. The van der Waals surface area contributed by atoms with Crippen LogP contribution >= 0.6 is 0 Å². The summed E-state index contributed by atoms with van der Waals surface area (Å²) in [5, 5.41) is 2.44. The molecule has 0 unspecified atom stereocenters. The lowest BCUT2D eigenvalue weighted by Gasteiger charge is -2.26. The highest BCUT2D eigenvalue weighted by atomic mass is 32.2. The van der Waals surface area contributed by atoms with E-state index in [-0.39, 0.29) is 29.2 Å². The molecular weight excluding hydrogens is 427 g/mol. The van der Waals surface area contributed by atoms with Gasteiger partial charge in [-0.2, -0.15) is 4.31 Å². The lowest BCUT2D eigenvalue weighted by molar-refractivity contribution is -0.119. The molecule has 0 saturated carbocycles. The molecule has 10 heteroatoms. The molecule has 0 atom stereocenters. The van der Waals surface area contributed by atoms with Crippen molar-refractivity contribution in [3.05, 3.63) is 58.9 Å². The number of carbonyl (C=O) groups excluding carboxylic acids is 2. The van der Waals surface area contributed by atoms with Crippen molar-refractivity contribution in [1.29, 1.82) is 0 Å². The molecule has 8 nitrogen and oxygen atoms in total. The first-order valence-corrected chi connectivity index (χ1v) is 11.0.